The quantitative estimate of drug-likeness (QED) is 0.0970. The van der Waals surface area contributed by atoms with Crippen LogP contribution in [0.2, 0.25) is 12.1 Å². The smallest absolute Gasteiger partial charge is 0.377 e. The molecule has 0 bridgehead atoms. The molecule has 0 unspecified atom stereocenters. The topological polar surface area (TPSA) is 143 Å². The van der Waals surface area contributed by atoms with Crippen molar-refractivity contribution < 1.29 is 26.6 Å². The van der Waals surface area contributed by atoms with Gasteiger partial charge in [-0.1, -0.05) is 0 Å². The molecule has 0 aliphatic rings. The highest BCUT2D eigenvalue weighted by Crippen LogP contribution is 2.15. The predicted octanol–water partition coefficient (Wildman–Crippen LogP) is 3.80. The monoisotopic (exact) mass is 610 g/mol. The molecule has 0 aliphatic carbocycles. The number of nitrogens with one attached hydrogen (secondary N) is 2. The molecule has 0 heterocycles. The van der Waals surface area contributed by atoms with E-state index in [4.69, 9.17) is 32.3 Å². The van der Waals surface area contributed by atoms with E-state index in [2.05, 4.69) is 59.3 Å². The minimum atomic E-state index is -2.46. The summed E-state index contributed by atoms with van der Waals surface area (Å²) in [4.78, 5) is 12.5. The average Bonchev–Trinajstić information content (AvgIpc) is 2.90. The van der Waals surface area contributed by atoms with Crippen LogP contribution in [0.3, 0.4) is 0 Å². The van der Waals surface area contributed by atoms with Crippen LogP contribution >= 0.6 is 0 Å². The summed E-state index contributed by atoms with van der Waals surface area (Å²) in [7, 11) is 4.94. The van der Waals surface area contributed by atoms with Crippen LogP contribution in [0.25, 0.3) is 0 Å². The van der Waals surface area contributed by atoms with Gasteiger partial charge >= 0.3 is 17.6 Å². The van der Waals surface area contributed by atoms with Crippen molar-refractivity contribution in [3.05, 3.63) is 0 Å². The third-order valence-electron chi connectivity index (χ3n) is 4.95. The fraction of sp³-hybridized carbons (Fsp3) is 0.923. The third kappa shape index (κ3) is 24.6. The molecule has 14 heteroatoms. The Balaban J connectivity index is -0.000000575. The van der Waals surface area contributed by atoms with E-state index in [1.807, 2.05) is 27.7 Å². The molecule has 0 aromatic rings. The third-order valence-corrected chi connectivity index (χ3v) is 10.6. The summed E-state index contributed by atoms with van der Waals surface area (Å²) in [5.41, 5.74) is 5.36. The zero-order chi connectivity index (χ0) is 31.6. The maximum Gasteiger partial charge on any atom is 0.500 e. The van der Waals surface area contributed by atoms with E-state index >= 15 is 0 Å². The van der Waals surface area contributed by atoms with Gasteiger partial charge in [-0.2, -0.15) is 0 Å². The van der Waals surface area contributed by atoms with Crippen LogP contribution in [0.1, 0.15) is 68.2 Å². The zero-order valence-electron chi connectivity index (χ0n) is 27.9. The van der Waals surface area contributed by atoms with E-state index in [9.17, 15) is 0 Å². The number of aliphatic imine (C=N–C) groups is 3. The van der Waals surface area contributed by atoms with Crippen molar-refractivity contribution in [3.63, 3.8) is 0 Å². The SMILES string of the molecule is CC(C)N=C=NC(C)C.CO[Si](CCCN)(OC)OC.CO[Si](CCCN=C(NC(C)C)NC(C)C)(OC)OC. The molecule has 0 saturated carbocycles. The second-order valence-corrected chi connectivity index (χ2v) is 16.1. The molecular formula is C26H62N6O6Si2. The molecule has 0 saturated heterocycles. The lowest BCUT2D eigenvalue weighted by Crippen LogP contribution is -2.44. The first kappa shape index (κ1) is 43.3. The van der Waals surface area contributed by atoms with E-state index in [1.165, 1.54) is 0 Å². The van der Waals surface area contributed by atoms with Crippen LogP contribution in [0.15, 0.2) is 15.0 Å². The number of guanidine groups is 1. The van der Waals surface area contributed by atoms with E-state index in [0.29, 0.717) is 37.3 Å². The number of nitrogens with two attached hydrogens (primary N) is 1. The highest BCUT2D eigenvalue weighted by Gasteiger charge is 2.37. The van der Waals surface area contributed by atoms with Gasteiger partial charge in [-0.15, -0.1) is 0 Å². The zero-order valence-corrected chi connectivity index (χ0v) is 29.9. The summed E-state index contributed by atoms with van der Waals surface area (Å²) in [6.07, 6.45) is 1.74. The van der Waals surface area contributed by atoms with Gasteiger partial charge in [0.2, 0.25) is 0 Å². The number of nitrogens with zero attached hydrogens (tertiary/aromatic N) is 3. The summed E-state index contributed by atoms with van der Waals surface area (Å²) >= 11 is 0. The first-order valence-electron chi connectivity index (χ1n) is 14.0. The molecule has 4 N–H and O–H groups in total. The fourth-order valence-electron chi connectivity index (χ4n) is 2.86. The Morgan fingerprint density at radius 3 is 1.27 bits per heavy atom. The van der Waals surface area contributed by atoms with Crippen molar-refractivity contribution in [2.45, 2.75) is 104 Å². The highest BCUT2D eigenvalue weighted by atomic mass is 28.4. The van der Waals surface area contributed by atoms with E-state index in [0.717, 1.165) is 30.9 Å². The van der Waals surface area contributed by atoms with Crippen LogP contribution in [0.5, 0.6) is 0 Å². The Morgan fingerprint density at radius 1 is 0.650 bits per heavy atom. The highest BCUT2D eigenvalue weighted by molar-refractivity contribution is 6.60. The van der Waals surface area contributed by atoms with Gasteiger partial charge in [0.25, 0.3) is 0 Å². The van der Waals surface area contributed by atoms with Gasteiger partial charge in [0.15, 0.2) is 5.96 Å². The second-order valence-electron chi connectivity index (χ2n) is 9.96. The Hall–Kier alpha value is -1.20. The largest absolute Gasteiger partial charge is 0.500 e. The minimum Gasteiger partial charge on any atom is -0.377 e. The van der Waals surface area contributed by atoms with Crippen LogP contribution < -0.4 is 16.4 Å². The molecule has 0 radical (unpaired) electrons. The van der Waals surface area contributed by atoms with E-state index in [1.54, 1.807) is 42.7 Å². The molecular weight excluding hydrogens is 548 g/mol. The Morgan fingerprint density at radius 2 is 1.00 bits per heavy atom. The van der Waals surface area contributed by atoms with Crippen LogP contribution in [-0.4, -0.2) is 109 Å². The average molecular weight is 611 g/mol. The minimum absolute atomic E-state index is 0.312. The lowest BCUT2D eigenvalue weighted by atomic mass is 10.4. The van der Waals surface area contributed by atoms with E-state index < -0.39 is 17.6 Å². The molecule has 0 fully saturated rings. The van der Waals surface area contributed by atoms with Crippen LogP contribution in [-0.2, 0) is 26.6 Å². The number of hydrogen-bond acceptors (Lipinski definition) is 10. The normalized spacial score (nSPS) is 11.4. The van der Waals surface area contributed by atoms with Crippen LogP contribution in [0.4, 0.5) is 0 Å². The predicted molar refractivity (Wildman–Crippen MR) is 170 cm³/mol. The molecule has 0 atom stereocenters. The van der Waals surface area contributed by atoms with Gasteiger partial charge < -0.3 is 42.9 Å². The molecule has 0 rings (SSSR count). The number of rotatable bonds is 17. The Labute approximate surface area is 247 Å². The summed E-state index contributed by atoms with van der Waals surface area (Å²) in [6, 6.07) is 5.51. The molecule has 0 aliphatic heterocycles. The molecule has 12 nitrogen and oxygen atoms in total. The molecule has 0 aromatic carbocycles. The first-order valence-corrected chi connectivity index (χ1v) is 17.9. The van der Waals surface area contributed by atoms with Gasteiger partial charge in [0.05, 0.1) is 18.1 Å². The van der Waals surface area contributed by atoms with Gasteiger partial charge in [-0.3, -0.25) is 4.99 Å². The van der Waals surface area contributed by atoms with Gasteiger partial charge in [-0.05, 0) is 74.8 Å². The Kier molecular flexibility index (Phi) is 28.9. The van der Waals surface area contributed by atoms with Crippen molar-refractivity contribution in [1.29, 1.82) is 0 Å². The maximum absolute atomic E-state index is 5.39. The summed E-state index contributed by atoms with van der Waals surface area (Å²) in [6.45, 7) is 17.7. The molecule has 0 spiro atoms. The number of hydrogen-bond donors (Lipinski definition) is 3. The summed E-state index contributed by atoms with van der Waals surface area (Å²) in [5, 5.41) is 6.61. The maximum atomic E-state index is 5.39. The van der Waals surface area contributed by atoms with Crippen molar-refractivity contribution in [1.82, 2.24) is 10.6 Å². The van der Waals surface area contributed by atoms with Crippen molar-refractivity contribution in [2.75, 3.05) is 55.7 Å². The second kappa shape index (κ2) is 26.7. The first-order chi connectivity index (χ1) is 18.8. The standard InChI is InChI=1S/C13H31N3O3Si.C7H14N2.C6H17NO3Si/c1-11(2)15-13(16-12(3)4)14-9-8-10-20(17-5,18-6)19-7;1-6(2)8-5-9-7(3)4;1-8-11(9-2,10-3)6-4-5-7/h11-12H,8-10H2,1-7H3,(H2,14,15,16);6-7H,1-4H3;4-7H2,1-3H3. The fourth-order valence-corrected chi connectivity index (χ4v) is 6.31. The van der Waals surface area contributed by atoms with Crippen molar-refractivity contribution in [3.8, 4) is 0 Å². The summed E-state index contributed by atoms with van der Waals surface area (Å²) < 4.78 is 31.7. The van der Waals surface area contributed by atoms with Gasteiger partial charge in [-0.25, -0.2) is 9.98 Å². The lowest BCUT2D eigenvalue weighted by Gasteiger charge is -2.24. The molecule has 0 aromatic heterocycles. The molecule has 0 amide bonds. The summed E-state index contributed by atoms with van der Waals surface area (Å²) in [5.74, 6) is 0.842. The van der Waals surface area contributed by atoms with E-state index in [-0.39, 0.29) is 0 Å². The molecule has 240 valence electrons. The van der Waals surface area contributed by atoms with Gasteiger partial charge in [0, 0.05) is 73.4 Å². The Bertz CT molecular complexity index is 630. The van der Waals surface area contributed by atoms with Crippen molar-refractivity contribution >= 4 is 29.6 Å². The van der Waals surface area contributed by atoms with Crippen molar-refractivity contribution in [2.24, 2.45) is 20.7 Å². The molecule has 40 heavy (non-hydrogen) atoms. The lowest BCUT2D eigenvalue weighted by molar-refractivity contribution is 0.122. The van der Waals surface area contributed by atoms with Crippen LogP contribution in [0, 0.1) is 0 Å². The van der Waals surface area contributed by atoms with Gasteiger partial charge in [0.1, 0.15) is 0 Å².